The van der Waals surface area contributed by atoms with E-state index in [1.807, 2.05) is 45.9 Å². The zero-order valence-electron chi connectivity index (χ0n) is 19.5. The number of benzene rings is 2. The average Bonchev–Trinajstić information content (AvgIpc) is 3.42. The van der Waals surface area contributed by atoms with Gasteiger partial charge in [-0.1, -0.05) is 36.7 Å². The molecule has 2 aliphatic rings. The molecule has 1 saturated heterocycles. The van der Waals surface area contributed by atoms with Crippen molar-refractivity contribution in [2.24, 2.45) is 0 Å². The fraction of sp³-hybridized carbons (Fsp3) is 0.423. The van der Waals surface area contributed by atoms with E-state index >= 15 is 0 Å². The van der Waals surface area contributed by atoms with Crippen LogP contribution in [0.2, 0.25) is 0 Å². The van der Waals surface area contributed by atoms with Gasteiger partial charge >= 0.3 is 0 Å². The number of piperazine rings is 1. The van der Waals surface area contributed by atoms with Gasteiger partial charge in [0.25, 0.3) is 5.56 Å². The fourth-order valence-corrected chi connectivity index (χ4v) is 5.91. The van der Waals surface area contributed by atoms with Crippen molar-refractivity contribution in [2.75, 3.05) is 43.9 Å². The van der Waals surface area contributed by atoms with Gasteiger partial charge < -0.3 is 14.5 Å². The van der Waals surface area contributed by atoms with Gasteiger partial charge in [0.15, 0.2) is 5.16 Å². The predicted octanol–water partition coefficient (Wildman–Crippen LogP) is 3.96. The molecule has 178 valence electrons. The van der Waals surface area contributed by atoms with E-state index in [-0.39, 0.29) is 17.5 Å². The first-order chi connectivity index (χ1) is 16.6. The quantitative estimate of drug-likeness (QED) is 0.395. The number of fused-ring (bicyclic) bond motifs is 1. The summed E-state index contributed by atoms with van der Waals surface area (Å²) in [4.78, 5) is 35.3. The molecule has 2 fully saturated rings. The number of rotatable bonds is 6. The molecule has 0 N–H and O–H groups in total. The van der Waals surface area contributed by atoms with Gasteiger partial charge in [0.2, 0.25) is 5.91 Å². The second-order valence-corrected chi connectivity index (χ2v) is 9.82. The van der Waals surface area contributed by atoms with E-state index in [0.29, 0.717) is 34.9 Å². The number of methoxy groups -OCH3 is 1. The number of carbonyl (C=O) groups is 1. The van der Waals surface area contributed by atoms with Crippen LogP contribution in [0, 0.1) is 0 Å². The molecule has 8 heteroatoms. The maximum absolute atomic E-state index is 13.3. The van der Waals surface area contributed by atoms with Gasteiger partial charge in [-0.2, -0.15) is 0 Å². The predicted molar refractivity (Wildman–Crippen MR) is 136 cm³/mol. The molecule has 0 atom stereocenters. The van der Waals surface area contributed by atoms with Gasteiger partial charge in [0, 0.05) is 37.9 Å². The lowest BCUT2D eigenvalue weighted by Crippen LogP contribution is -2.49. The number of carbonyl (C=O) groups excluding carboxylic acids is 1. The lowest BCUT2D eigenvalue weighted by Gasteiger charge is -2.36. The Balaban J connectivity index is 1.26. The normalized spacial score (nSPS) is 16.9. The molecule has 0 bridgehead atoms. The molecule has 1 amide bonds. The lowest BCUT2D eigenvalue weighted by atomic mass is 10.2. The first kappa shape index (κ1) is 22.8. The lowest BCUT2D eigenvalue weighted by molar-refractivity contribution is -0.128. The Kier molecular flexibility index (Phi) is 6.76. The zero-order valence-corrected chi connectivity index (χ0v) is 20.3. The third-order valence-corrected chi connectivity index (χ3v) is 7.80. The fourth-order valence-electron chi connectivity index (χ4n) is 4.94. The third kappa shape index (κ3) is 4.64. The summed E-state index contributed by atoms with van der Waals surface area (Å²) in [6, 6.07) is 15.7. The molecule has 1 saturated carbocycles. The Labute approximate surface area is 203 Å². The maximum Gasteiger partial charge on any atom is 0.262 e. The van der Waals surface area contributed by atoms with Crippen LogP contribution in [0.25, 0.3) is 10.9 Å². The van der Waals surface area contributed by atoms with E-state index < -0.39 is 0 Å². The van der Waals surface area contributed by atoms with Gasteiger partial charge in [-0.3, -0.25) is 14.2 Å². The minimum absolute atomic E-state index is 0.0144. The molecule has 2 heterocycles. The van der Waals surface area contributed by atoms with Crippen molar-refractivity contribution in [2.45, 2.75) is 36.9 Å². The first-order valence-corrected chi connectivity index (χ1v) is 12.9. The van der Waals surface area contributed by atoms with Crippen molar-refractivity contribution in [3.05, 3.63) is 58.9 Å². The van der Waals surface area contributed by atoms with Crippen LogP contribution in [-0.4, -0.2) is 59.4 Å². The number of para-hydroxylation sites is 1. The van der Waals surface area contributed by atoms with Crippen molar-refractivity contribution in [3.63, 3.8) is 0 Å². The highest BCUT2D eigenvalue weighted by Gasteiger charge is 2.25. The SMILES string of the molecule is COc1ccc(N2CCN(C(=O)CSc3nc4ccccc4c(=O)n3C3CCCC3)CC2)cc1. The van der Waals surface area contributed by atoms with Crippen LogP contribution in [0.5, 0.6) is 5.75 Å². The molecule has 1 aromatic heterocycles. The summed E-state index contributed by atoms with van der Waals surface area (Å²) in [5.74, 6) is 1.23. The summed E-state index contributed by atoms with van der Waals surface area (Å²) in [6.45, 7) is 2.96. The number of thioether (sulfide) groups is 1. The first-order valence-electron chi connectivity index (χ1n) is 11.9. The number of aromatic nitrogens is 2. The van der Waals surface area contributed by atoms with Crippen molar-refractivity contribution in [1.29, 1.82) is 0 Å². The highest BCUT2D eigenvalue weighted by atomic mass is 32.2. The molecule has 3 aromatic rings. The molecule has 1 aliphatic heterocycles. The van der Waals surface area contributed by atoms with E-state index in [1.165, 1.54) is 11.8 Å². The minimum atomic E-state index is 0.0144. The van der Waals surface area contributed by atoms with Crippen LogP contribution in [0.15, 0.2) is 58.5 Å². The molecule has 1 aliphatic carbocycles. The Morgan fingerprint density at radius 3 is 2.44 bits per heavy atom. The van der Waals surface area contributed by atoms with Crippen LogP contribution in [0.3, 0.4) is 0 Å². The van der Waals surface area contributed by atoms with Gasteiger partial charge in [-0.05, 0) is 49.2 Å². The molecular weight excluding hydrogens is 448 g/mol. The van der Waals surface area contributed by atoms with Crippen LogP contribution in [0.1, 0.15) is 31.7 Å². The molecule has 7 nitrogen and oxygen atoms in total. The van der Waals surface area contributed by atoms with Gasteiger partial charge in [0.05, 0.1) is 23.8 Å². The minimum Gasteiger partial charge on any atom is -0.497 e. The average molecular weight is 479 g/mol. The van der Waals surface area contributed by atoms with Crippen molar-refractivity contribution < 1.29 is 9.53 Å². The van der Waals surface area contributed by atoms with E-state index in [1.54, 1.807) is 7.11 Å². The largest absolute Gasteiger partial charge is 0.497 e. The number of anilines is 1. The van der Waals surface area contributed by atoms with Gasteiger partial charge in [-0.15, -0.1) is 0 Å². The summed E-state index contributed by atoms with van der Waals surface area (Å²) >= 11 is 1.40. The number of hydrogen-bond donors (Lipinski definition) is 0. The summed E-state index contributed by atoms with van der Waals surface area (Å²) < 4.78 is 7.10. The number of amides is 1. The summed E-state index contributed by atoms with van der Waals surface area (Å²) in [6.07, 6.45) is 4.25. The Morgan fingerprint density at radius 1 is 1.03 bits per heavy atom. The van der Waals surface area contributed by atoms with E-state index in [0.717, 1.165) is 50.2 Å². The topological polar surface area (TPSA) is 67.7 Å². The van der Waals surface area contributed by atoms with Crippen LogP contribution >= 0.6 is 11.8 Å². The Hall–Kier alpha value is -3.00. The van der Waals surface area contributed by atoms with E-state index in [2.05, 4.69) is 17.0 Å². The number of ether oxygens (including phenoxy) is 1. The van der Waals surface area contributed by atoms with Gasteiger partial charge in [-0.25, -0.2) is 4.98 Å². The summed E-state index contributed by atoms with van der Waals surface area (Å²) in [5, 5.41) is 1.32. The zero-order chi connectivity index (χ0) is 23.5. The standard InChI is InChI=1S/C26H30N4O3S/c1-33-21-12-10-19(11-13-21)28-14-16-29(17-15-28)24(31)18-34-26-27-23-9-5-4-8-22(23)25(32)30(26)20-6-2-3-7-20/h4-5,8-13,20H,2-3,6-7,14-18H2,1H3. The molecule has 0 unspecified atom stereocenters. The summed E-state index contributed by atoms with van der Waals surface area (Å²) in [5.41, 5.74) is 1.86. The molecule has 5 rings (SSSR count). The van der Waals surface area contributed by atoms with Crippen LogP contribution in [-0.2, 0) is 4.79 Å². The number of hydrogen-bond acceptors (Lipinski definition) is 6. The Bertz CT molecular complexity index is 1210. The third-order valence-electron chi connectivity index (χ3n) is 6.86. The highest BCUT2D eigenvalue weighted by molar-refractivity contribution is 7.99. The van der Waals surface area contributed by atoms with E-state index in [4.69, 9.17) is 9.72 Å². The molecule has 0 radical (unpaired) electrons. The second kappa shape index (κ2) is 10.1. The molecular formula is C26H30N4O3S. The number of nitrogens with zero attached hydrogens (tertiary/aromatic N) is 4. The van der Waals surface area contributed by atoms with E-state index in [9.17, 15) is 9.59 Å². The molecule has 34 heavy (non-hydrogen) atoms. The smallest absolute Gasteiger partial charge is 0.262 e. The summed E-state index contributed by atoms with van der Waals surface area (Å²) in [7, 11) is 1.66. The van der Waals surface area contributed by atoms with Crippen molar-refractivity contribution in [3.8, 4) is 5.75 Å². The van der Waals surface area contributed by atoms with Crippen molar-refractivity contribution >= 4 is 34.3 Å². The molecule has 2 aromatic carbocycles. The highest BCUT2D eigenvalue weighted by Crippen LogP contribution is 2.32. The second-order valence-electron chi connectivity index (χ2n) is 8.88. The van der Waals surface area contributed by atoms with Crippen LogP contribution in [0.4, 0.5) is 5.69 Å². The monoisotopic (exact) mass is 478 g/mol. The maximum atomic E-state index is 13.3. The van der Waals surface area contributed by atoms with Crippen molar-refractivity contribution in [1.82, 2.24) is 14.5 Å². The molecule has 0 spiro atoms. The van der Waals surface area contributed by atoms with Gasteiger partial charge in [0.1, 0.15) is 5.75 Å². The Morgan fingerprint density at radius 2 is 1.74 bits per heavy atom. The van der Waals surface area contributed by atoms with Crippen LogP contribution < -0.4 is 15.2 Å².